The Morgan fingerprint density at radius 2 is 1.89 bits per heavy atom. The molecule has 0 saturated carbocycles. The van der Waals surface area contributed by atoms with Gasteiger partial charge in [-0.1, -0.05) is 41.5 Å². The minimum Gasteiger partial charge on any atom is -0.351 e. The van der Waals surface area contributed by atoms with Gasteiger partial charge in [0.05, 0.1) is 6.04 Å². The molecule has 0 aliphatic heterocycles. The minimum atomic E-state index is -0.322. The highest BCUT2D eigenvalue weighted by molar-refractivity contribution is 5.88. The van der Waals surface area contributed by atoms with Crippen LogP contribution in [0.15, 0.2) is 4.52 Å². The third-order valence-corrected chi connectivity index (χ3v) is 2.27. The van der Waals surface area contributed by atoms with Crippen LogP contribution in [0, 0.1) is 11.8 Å². The van der Waals surface area contributed by atoms with Gasteiger partial charge in [0.1, 0.15) is 0 Å². The first-order chi connectivity index (χ1) is 8.41. The lowest BCUT2D eigenvalue weighted by Crippen LogP contribution is -2.37. The lowest BCUT2D eigenvalue weighted by molar-refractivity contribution is -0.123. The van der Waals surface area contributed by atoms with E-state index < -0.39 is 0 Å². The van der Waals surface area contributed by atoms with Gasteiger partial charge in [-0.15, -0.1) is 0 Å². The molecule has 1 aromatic heterocycles. The molecule has 0 aliphatic carbocycles. The Morgan fingerprint density at radius 3 is 2.22 bits per heavy atom. The molecule has 0 unspecified atom stereocenters. The second-order valence-electron chi connectivity index (χ2n) is 4.38. The summed E-state index contributed by atoms with van der Waals surface area (Å²) >= 11 is 0. The van der Waals surface area contributed by atoms with E-state index in [2.05, 4.69) is 20.0 Å². The number of hydrogen-bond acceptors (Lipinski definition) is 6. The molecule has 6 nitrogen and oxygen atoms in total. The van der Waals surface area contributed by atoms with Gasteiger partial charge in [0.25, 0.3) is 5.95 Å². The Kier molecular flexibility index (Phi) is 7.00. The van der Waals surface area contributed by atoms with E-state index in [4.69, 9.17) is 5.73 Å². The number of carbonyl (C=O) groups is 1. The van der Waals surface area contributed by atoms with Crippen LogP contribution in [0.5, 0.6) is 0 Å². The van der Waals surface area contributed by atoms with Crippen molar-refractivity contribution in [2.75, 3.05) is 11.1 Å². The molecule has 1 rings (SSSR count). The molecule has 106 valence electrons. The van der Waals surface area contributed by atoms with E-state index in [1.165, 1.54) is 0 Å². The van der Waals surface area contributed by atoms with E-state index in [1.807, 2.05) is 41.5 Å². The summed E-state index contributed by atoms with van der Waals surface area (Å²) in [6, 6.07) is -0.334. The highest BCUT2D eigenvalue weighted by Gasteiger charge is 2.25. The van der Waals surface area contributed by atoms with Crippen molar-refractivity contribution in [2.45, 2.75) is 47.6 Å². The zero-order valence-electron chi connectivity index (χ0n) is 12.0. The number of aromatic nitrogens is 2. The molecular weight excluding hydrogens is 232 g/mol. The number of nitrogens with zero attached hydrogens (tertiary/aromatic N) is 2. The van der Waals surface area contributed by atoms with E-state index in [9.17, 15) is 4.79 Å². The van der Waals surface area contributed by atoms with Crippen molar-refractivity contribution in [1.29, 1.82) is 0 Å². The van der Waals surface area contributed by atoms with Crippen LogP contribution in [-0.2, 0) is 4.79 Å². The predicted octanol–water partition coefficient (Wildman–Crippen LogP) is 2.59. The van der Waals surface area contributed by atoms with E-state index >= 15 is 0 Å². The minimum absolute atomic E-state index is 0. The Labute approximate surface area is 110 Å². The molecule has 1 atom stereocenters. The van der Waals surface area contributed by atoms with Crippen LogP contribution in [0.4, 0.5) is 12.0 Å². The van der Waals surface area contributed by atoms with Crippen molar-refractivity contribution >= 4 is 17.7 Å². The molecule has 0 aliphatic rings. The number of anilines is 2. The molecule has 0 bridgehead atoms. The van der Waals surface area contributed by atoms with E-state index in [-0.39, 0.29) is 37.1 Å². The maximum Gasteiger partial charge on any atom is 0.320 e. The SMILES string of the molecule is CC.CC(C)C(=O)[C@@H](Nc1noc(N)n1)C(C)C.[HH]. The van der Waals surface area contributed by atoms with E-state index in [0.717, 1.165) is 0 Å². The van der Waals surface area contributed by atoms with Crippen molar-refractivity contribution in [1.82, 2.24) is 10.1 Å². The van der Waals surface area contributed by atoms with Crippen LogP contribution in [0.3, 0.4) is 0 Å². The van der Waals surface area contributed by atoms with Crippen LogP contribution < -0.4 is 11.1 Å². The van der Waals surface area contributed by atoms with Crippen LogP contribution in [-0.4, -0.2) is 22.0 Å². The summed E-state index contributed by atoms with van der Waals surface area (Å²) in [4.78, 5) is 15.7. The second-order valence-corrected chi connectivity index (χ2v) is 4.38. The molecule has 0 amide bonds. The number of hydrogen-bond donors (Lipinski definition) is 2. The average molecular weight is 258 g/mol. The smallest absolute Gasteiger partial charge is 0.320 e. The van der Waals surface area contributed by atoms with Crippen molar-refractivity contribution < 1.29 is 10.7 Å². The number of rotatable bonds is 5. The Hall–Kier alpha value is -1.59. The van der Waals surface area contributed by atoms with Gasteiger partial charge in [0.2, 0.25) is 0 Å². The molecule has 0 spiro atoms. The van der Waals surface area contributed by atoms with Crippen molar-refractivity contribution in [3.05, 3.63) is 0 Å². The normalized spacial score (nSPS) is 12.0. The molecule has 6 heteroatoms. The molecule has 0 radical (unpaired) electrons. The Bertz CT molecular complexity index is 366. The highest BCUT2D eigenvalue weighted by Crippen LogP contribution is 2.14. The number of nitrogen functional groups attached to an aromatic ring is 1. The number of nitrogens with two attached hydrogens (primary N) is 1. The number of Topliss-reactive ketones (excluding diaryl/α,β-unsaturated/α-hetero) is 1. The first-order valence-corrected chi connectivity index (χ1v) is 6.31. The fourth-order valence-corrected chi connectivity index (χ4v) is 1.36. The standard InChI is InChI=1S/C10H18N4O2.C2H6.H2/c1-5(2)7(8(15)6(3)4)12-10-13-9(11)16-14-10;1-2;/h5-7H,1-4H3,(H3,11,12,13,14);1-2H3;1H/t7-;;/m0../s1. The fraction of sp³-hybridized carbons (Fsp3) is 0.750. The summed E-state index contributed by atoms with van der Waals surface area (Å²) in [6.45, 7) is 11.6. The number of nitrogens with one attached hydrogen (secondary N) is 1. The van der Waals surface area contributed by atoms with Gasteiger partial charge in [-0.2, -0.15) is 4.98 Å². The molecule has 0 fully saturated rings. The molecule has 0 aromatic carbocycles. The fourth-order valence-electron chi connectivity index (χ4n) is 1.36. The second kappa shape index (κ2) is 7.68. The molecule has 1 heterocycles. The summed E-state index contributed by atoms with van der Waals surface area (Å²) in [5, 5.41) is 6.54. The van der Waals surface area contributed by atoms with Gasteiger partial charge >= 0.3 is 6.01 Å². The summed E-state index contributed by atoms with van der Waals surface area (Å²) in [5.74, 6) is 0.488. The number of ketones is 1. The predicted molar refractivity (Wildman–Crippen MR) is 74.3 cm³/mol. The average Bonchev–Trinajstić information content (AvgIpc) is 2.73. The van der Waals surface area contributed by atoms with Gasteiger partial charge in [-0.25, -0.2) is 0 Å². The molecule has 1 aromatic rings. The first-order valence-electron chi connectivity index (χ1n) is 6.31. The lowest BCUT2D eigenvalue weighted by Gasteiger charge is -2.21. The zero-order chi connectivity index (χ0) is 14.3. The van der Waals surface area contributed by atoms with Crippen LogP contribution >= 0.6 is 0 Å². The Morgan fingerprint density at radius 1 is 1.33 bits per heavy atom. The molecular formula is C12H26N4O2. The van der Waals surface area contributed by atoms with Gasteiger partial charge in [-0.05, 0) is 11.1 Å². The van der Waals surface area contributed by atoms with Gasteiger partial charge in [0.15, 0.2) is 5.78 Å². The summed E-state index contributed by atoms with van der Waals surface area (Å²) in [5.41, 5.74) is 5.30. The number of carbonyl (C=O) groups excluding carboxylic acids is 1. The third-order valence-electron chi connectivity index (χ3n) is 2.27. The van der Waals surface area contributed by atoms with Crippen LogP contribution in [0.1, 0.15) is 43.0 Å². The monoisotopic (exact) mass is 258 g/mol. The third kappa shape index (κ3) is 4.73. The van der Waals surface area contributed by atoms with E-state index in [1.54, 1.807) is 0 Å². The summed E-state index contributed by atoms with van der Waals surface area (Å²) < 4.78 is 4.63. The lowest BCUT2D eigenvalue weighted by atomic mass is 9.93. The van der Waals surface area contributed by atoms with Gasteiger partial charge in [0, 0.05) is 7.34 Å². The zero-order valence-corrected chi connectivity index (χ0v) is 12.0. The van der Waals surface area contributed by atoms with Crippen molar-refractivity contribution in [2.24, 2.45) is 11.8 Å². The maximum absolute atomic E-state index is 11.9. The van der Waals surface area contributed by atoms with Crippen LogP contribution in [0.25, 0.3) is 0 Å². The van der Waals surface area contributed by atoms with E-state index in [0.29, 0.717) is 0 Å². The summed E-state index contributed by atoms with van der Waals surface area (Å²) in [7, 11) is 0. The quantitative estimate of drug-likeness (QED) is 0.843. The molecule has 0 saturated heterocycles. The Balaban J connectivity index is 0. The maximum atomic E-state index is 11.9. The van der Waals surface area contributed by atoms with Gasteiger partial charge in [-0.3, -0.25) is 4.79 Å². The largest absolute Gasteiger partial charge is 0.351 e. The van der Waals surface area contributed by atoms with Crippen molar-refractivity contribution in [3.63, 3.8) is 0 Å². The first kappa shape index (κ1) is 16.4. The van der Waals surface area contributed by atoms with Crippen molar-refractivity contribution in [3.8, 4) is 0 Å². The van der Waals surface area contributed by atoms with Crippen LogP contribution in [0.2, 0.25) is 0 Å². The summed E-state index contributed by atoms with van der Waals surface area (Å²) in [6.07, 6.45) is 0. The molecule has 3 N–H and O–H groups in total. The topological polar surface area (TPSA) is 94.0 Å². The molecule has 18 heavy (non-hydrogen) atoms. The van der Waals surface area contributed by atoms with Gasteiger partial charge < -0.3 is 15.6 Å². The highest BCUT2D eigenvalue weighted by atomic mass is 16.5.